The molecule has 0 bridgehead atoms. The zero-order valence-corrected chi connectivity index (χ0v) is 17.2. The average molecular weight is 437 g/mol. The molecule has 1 amide bonds. The molecule has 2 N–H and O–H groups in total. The second-order valence-electron chi connectivity index (χ2n) is 6.59. The minimum Gasteiger partial charge on any atom is -0.321 e. The molecule has 0 saturated carbocycles. The lowest BCUT2D eigenvalue weighted by Gasteiger charge is -2.12. The summed E-state index contributed by atoms with van der Waals surface area (Å²) in [5.41, 5.74) is 1.05. The summed E-state index contributed by atoms with van der Waals surface area (Å²) in [6.45, 7) is 0. The van der Waals surface area contributed by atoms with Crippen LogP contribution in [-0.4, -0.2) is 14.3 Å². The van der Waals surface area contributed by atoms with E-state index < -0.39 is 15.9 Å². The van der Waals surface area contributed by atoms with Crippen molar-refractivity contribution < 1.29 is 13.2 Å². The molecule has 4 rings (SSSR count). The predicted molar refractivity (Wildman–Crippen MR) is 121 cm³/mol. The van der Waals surface area contributed by atoms with Crippen molar-refractivity contribution in [1.29, 1.82) is 0 Å². The van der Waals surface area contributed by atoms with Gasteiger partial charge in [-0.25, -0.2) is 8.42 Å². The third kappa shape index (κ3) is 4.15. The summed E-state index contributed by atoms with van der Waals surface area (Å²) >= 11 is 6.23. The molecule has 30 heavy (non-hydrogen) atoms. The molecule has 0 saturated heterocycles. The van der Waals surface area contributed by atoms with Gasteiger partial charge in [0.25, 0.3) is 15.9 Å². The number of amides is 1. The van der Waals surface area contributed by atoms with Crippen LogP contribution >= 0.6 is 11.6 Å². The van der Waals surface area contributed by atoms with E-state index in [1.165, 1.54) is 30.3 Å². The molecular formula is C23H17ClN2O3S. The van der Waals surface area contributed by atoms with Gasteiger partial charge >= 0.3 is 0 Å². The highest BCUT2D eigenvalue weighted by molar-refractivity contribution is 7.92. The van der Waals surface area contributed by atoms with Gasteiger partial charge in [0.05, 0.1) is 15.5 Å². The lowest BCUT2D eigenvalue weighted by atomic mass is 10.1. The Balaban J connectivity index is 1.62. The number of fused-ring (bicyclic) bond motifs is 1. The van der Waals surface area contributed by atoms with Crippen LogP contribution in [-0.2, 0) is 10.0 Å². The zero-order valence-electron chi connectivity index (χ0n) is 15.7. The quantitative estimate of drug-likeness (QED) is 0.431. The van der Waals surface area contributed by atoms with Crippen molar-refractivity contribution in [3.8, 4) is 0 Å². The number of anilines is 2. The summed E-state index contributed by atoms with van der Waals surface area (Å²) < 4.78 is 27.6. The SMILES string of the molecule is O=C(Nc1cccc2ccccc12)c1cc(NS(=O)(=O)c2ccccc2)ccc1Cl. The third-order valence-electron chi connectivity index (χ3n) is 4.55. The molecule has 4 aromatic rings. The van der Waals surface area contributed by atoms with Crippen LogP contribution in [0, 0.1) is 0 Å². The number of nitrogens with one attached hydrogen (secondary N) is 2. The Morgan fingerprint density at radius 3 is 2.30 bits per heavy atom. The fourth-order valence-electron chi connectivity index (χ4n) is 3.10. The Labute approximate surface area is 179 Å². The fourth-order valence-corrected chi connectivity index (χ4v) is 4.37. The molecule has 0 atom stereocenters. The van der Waals surface area contributed by atoms with Crippen molar-refractivity contribution in [3.05, 3.63) is 102 Å². The number of benzene rings is 4. The smallest absolute Gasteiger partial charge is 0.261 e. The number of sulfonamides is 1. The largest absolute Gasteiger partial charge is 0.321 e. The predicted octanol–water partition coefficient (Wildman–Crippen LogP) is 5.55. The molecule has 150 valence electrons. The first-order chi connectivity index (χ1) is 14.4. The van der Waals surface area contributed by atoms with E-state index in [-0.39, 0.29) is 21.2 Å². The average Bonchev–Trinajstić information content (AvgIpc) is 2.76. The molecule has 0 spiro atoms. The van der Waals surface area contributed by atoms with Crippen molar-refractivity contribution in [2.24, 2.45) is 0 Å². The highest BCUT2D eigenvalue weighted by atomic mass is 35.5. The molecule has 0 aliphatic rings. The first-order valence-corrected chi connectivity index (χ1v) is 11.0. The number of carbonyl (C=O) groups excluding carboxylic acids is 1. The molecule has 5 nitrogen and oxygen atoms in total. The van der Waals surface area contributed by atoms with Gasteiger partial charge in [-0.2, -0.15) is 0 Å². The van der Waals surface area contributed by atoms with Crippen molar-refractivity contribution in [3.63, 3.8) is 0 Å². The van der Waals surface area contributed by atoms with Crippen LogP contribution in [0.5, 0.6) is 0 Å². The zero-order chi connectivity index (χ0) is 21.1. The summed E-state index contributed by atoms with van der Waals surface area (Å²) in [6.07, 6.45) is 0. The van der Waals surface area contributed by atoms with Crippen molar-refractivity contribution in [2.75, 3.05) is 10.0 Å². The lowest BCUT2D eigenvalue weighted by molar-refractivity contribution is 0.102. The molecule has 0 aliphatic carbocycles. The van der Waals surface area contributed by atoms with E-state index >= 15 is 0 Å². The highest BCUT2D eigenvalue weighted by Crippen LogP contribution is 2.27. The number of carbonyl (C=O) groups is 1. The third-order valence-corrected chi connectivity index (χ3v) is 6.28. The second kappa shape index (κ2) is 8.18. The van der Waals surface area contributed by atoms with Gasteiger partial charge in [-0.1, -0.05) is 66.2 Å². The topological polar surface area (TPSA) is 75.3 Å². The normalized spacial score (nSPS) is 11.2. The van der Waals surface area contributed by atoms with Crippen LogP contribution in [0.25, 0.3) is 10.8 Å². The summed E-state index contributed by atoms with van der Waals surface area (Å²) in [5.74, 6) is -0.433. The molecule has 0 aromatic heterocycles. The molecule has 4 aromatic carbocycles. The van der Waals surface area contributed by atoms with Crippen LogP contribution in [0.3, 0.4) is 0 Å². The number of hydrogen-bond donors (Lipinski definition) is 2. The van der Waals surface area contributed by atoms with Crippen LogP contribution in [0.1, 0.15) is 10.4 Å². The van der Waals surface area contributed by atoms with Crippen LogP contribution in [0.2, 0.25) is 5.02 Å². The second-order valence-corrected chi connectivity index (χ2v) is 8.68. The number of rotatable bonds is 5. The molecule has 0 unspecified atom stereocenters. The van der Waals surface area contributed by atoms with Gasteiger partial charge < -0.3 is 5.32 Å². The summed E-state index contributed by atoms with van der Waals surface area (Å²) in [6, 6.07) is 25.7. The lowest BCUT2D eigenvalue weighted by Crippen LogP contribution is -2.15. The van der Waals surface area contributed by atoms with Gasteiger partial charge in [-0.05, 0) is 41.8 Å². The first kappa shape index (κ1) is 19.9. The standard InChI is InChI=1S/C23H17ClN2O3S/c24-21-14-13-17(26-30(28,29)18-9-2-1-3-10-18)15-20(21)23(27)25-22-12-6-8-16-7-4-5-11-19(16)22/h1-15,26H,(H,25,27). The Kier molecular flexibility index (Phi) is 5.44. The van der Waals surface area contributed by atoms with Gasteiger partial charge in [0.15, 0.2) is 0 Å². The molecule has 7 heteroatoms. The number of hydrogen-bond acceptors (Lipinski definition) is 3. The summed E-state index contributed by atoms with van der Waals surface area (Å²) in [5, 5.41) is 4.97. The minimum atomic E-state index is -3.78. The van der Waals surface area contributed by atoms with Crippen LogP contribution in [0.4, 0.5) is 11.4 Å². The Hall–Kier alpha value is -3.35. The van der Waals surface area contributed by atoms with Crippen molar-refractivity contribution >= 4 is 49.7 Å². The summed E-state index contributed by atoms with van der Waals surface area (Å²) in [7, 11) is -3.78. The van der Waals surface area contributed by atoms with Gasteiger partial charge in [-0.15, -0.1) is 0 Å². The van der Waals surface area contributed by atoms with E-state index in [1.807, 2.05) is 36.4 Å². The molecule has 0 radical (unpaired) electrons. The van der Waals surface area contributed by atoms with Gasteiger partial charge in [0.1, 0.15) is 0 Å². The fraction of sp³-hybridized carbons (Fsp3) is 0. The minimum absolute atomic E-state index is 0.127. The highest BCUT2D eigenvalue weighted by Gasteiger charge is 2.17. The van der Waals surface area contributed by atoms with E-state index in [4.69, 9.17) is 11.6 Å². The maximum absolute atomic E-state index is 12.9. The van der Waals surface area contributed by atoms with E-state index in [2.05, 4.69) is 10.0 Å². The maximum Gasteiger partial charge on any atom is 0.261 e. The monoisotopic (exact) mass is 436 g/mol. The Bertz CT molecular complexity index is 1330. The van der Waals surface area contributed by atoms with Crippen LogP contribution < -0.4 is 10.0 Å². The van der Waals surface area contributed by atoms with Crippen molar-refractivity contribution in [2.45, 2.75) is 4.90 Å². The van der Waals surface area contributed by atoms with Gasteiger partial charge in [0, 0.05) is 16.8 Å². The van der Waals surface area contributed by atoms with E-state index in [0.717, 1.165) is 10.8 Å². The van der Waals surface area contributed by atoms with Gasteiger partial charge in [0.2, 0.25) is 0 Å². The molecular weight excluding hydrogens is 420 g/mol. The van der Waals surface area contributed by atoms with E-state index in [0.29, 0.717) is 5.69 Å². The van der Waals surface area contributed by atoms with E-state index in [9.17, 15) is 13.2 Å². The van der Waals surface area contributed by atoms with Crippen LogP contribution in [0.15, 0.2) is 95.9 Å². The summed E-state index contributed by atoms with van der Waals surface area (Å²) in [4.78, 5) is 13.0. The maximum atomic E-state index is 12.9. The molecule has 0 aliphatic heterocycles. The number of halogens is 1. The molecule has 0 fully saturated rings. The van der Waals surface area contributed by atoms with E-state index in [1.54, 1.807) is 24.3 Å². The Morgan fingerprint density at radius 2 is 1.50 bits per heavy atom. The Morgan fingerprint density at radius 1 is 0.800 bits per heavy atom. The van der Waals surface area contributed by atoms with Gasteiger partial charge in [-0.3, -0.25) is 9.52 Å². The molecule has 0 heterocycles. The first-order valence-electron chi connectivity index (χ1n) is 9.10. The van der Waals surface area contributed by atoms with Crippen molar-refractivity contribution in [1.82, 2.24) is 0 Å².